The summed E-state index contributed by atoms with van der Waals surface area (Å²) in [7, 11) is 0. The van der Waals surface area contributed by atoms with E-state index >= 15 is 0 Å². The normalized spacial score (nSPS) is 23.2. The van der Waals surface area contributed by atoms with Gasteiger partial charge in [-0.25, -0.2) is 4.39 Å². The molecule has 8 nitrogen and oxygen atoms in total. The number of benzene rings is 2. The molecule has 1 atom stereocenters. The van der Waals surface area contributed by atoms with Gasteiger partial charge in [0.1, 0.15) is 11.6 Å². The molecule has 5 rings (SSSR count). The first kappa shape index (κ1) is 24.9. The average molecular weight is 506 g/mol. The van der Waals surface area contributed by atoms with Gasteiger partial charge < -0.3 is 19.6 Å². The Bertz CT molecular complexity index is 1280. The van der Waals surface area contributed by atoms with E-state index in [0.29, 0.717) is 37.4 Å². The number of rotatable bonds is 7. The van der Waals surface area contributed by atoms with E-state index in [1.807, 2.05) is 0 Å². The van der Waals surface area contributed by atoms with E-state index in [4.69, 9.17) is 4.74 Å². The number of hydrogen-bond acceptors (Lipinski definition) is 6. The third-order valence-corrected chi connectivity index (χ3v) is 7.20. The van der Waals surface area contributed by atoms with Gasteiger partial charge in [-0.2, -0.15) is 0 Å². The molecule has 3 aliphatic rings. The first-order valence-corrected chi connectivity index (χ1v) is 12.3. The summed E-state index contributed by atoms with van der Waals surface area (Å²) in [5.41, 5.74) is -1.02. The van der Waals surface area contributed by atoms with E-state index in [1.165, 1.54) is 21.9 Å². The molecular weight excluding hydrogens is 477 g/mol. The lowest BCUT2D eigenvalue weighted by Gasteiger charge is -2.35. The molecule has 2 saturated heterocycles. The molecular formula is C28H28FN3O5. The maximum Gasteiger partial charge on any atom is 0.296 e. The molecule has 1 unspecified atom stereocenters. The summed E-state index contributed by atoms with van der Waals surface area (Å²) in [6.45, 7) is 7.50. The number of anilines is 1. The number of morpholine rings is 1. The number of fused-ring (bicyclic) bond motifs is 2. The fraction of sp³-hybridized carbons (Fsp3) is 0.321. The van der Waals surface area contributed by atoms with Crippen LogP contribution in [-0.2, 0) is 24.7 Å². The molecule has 2 fully saturated rings. The molecule has 3 aliphatic heterocycles. The lowest BCUT2D eigenvalue weighted by Crippen LogP contribution is -2.52. The molecule has 1 N–H and O–H groups in total. The van der Waals surface area contributed by atoms with Gasteiger partial charge in [0.25, 0.3) is 17.6 Å². The number of ketones is 1. The highest BCUT2D eigenvalue weighted by Gasteiger charge is 2.66. The van der Waals surface area contributed by atoms with Crippen LogP contribution in [0.25, 0.3) is 5.76 Å². The molecule has 2 aromatic carbocycles. The van der Waals surface area contributed by atoms with Crippen LogP contribution in [0.3, 0.4) is 0 Å². The zero-order valence-corrected chi connectivity index (χ0v) is 20.4. The Balaban J connectivity index is 1.65. The number of ether oxygens (including phenoxy) is 1. The number of Topliss-reactive ketones (excluding diaryl/α,β-unsaturated/α-hetero) is 1. The molecule has 192 valence electrons. The molecule has 9 heteroatoms. The zero-order valence-electron chi connectivity index (χ0n) is 20.4. The second kappa shape index (κ2) is 9.91. The van der Waals surface area contributed by atoms with Crippen LogP contribution in [0.4, 0.5) is 10.1 Å². The van der Waals surface area contributed by atoms with E-state index in [1.54, 1.807) is 30.3 Å². The summed E-state index contributed by atoms with van der Waals surface area (Å²) in [5.74, 6) is -3.35. The highest BCUT2D eigenvalue weighted by molar-refractivity contribution is 6.50. The average Bonchev–Trinajstić information content (AvgIpc) is 3.28. The summed E-state index contributed by atoms with van der Waals surface area (Å²) in [4.78, 5) is 46.3. The van der Waals surface area contributed by atoms with Crippen molar-refractivity contribution in [2.75, 3.05) is 50.8 Å². The van der Waals surface area contributed by atoms with Gasteiger partial charge in [-0.05, 0) is 36.8 Å². The summed E-state index contributed by atoms with van der Waals surface area (Å²) in [6, 6.07) is 11.9. The van der Waals surface area contributed by atoms with Gasteiger partial charge in [0.15, 0.2) is 5.54 Å². The lowest BCUT2D eigenvalue weighted by atomic mass is 9.82. The summed E-state index contributed by atoms with van der Waals surface area (Å²) >= 11 is 0. The molecule has 37 heavy (non-hydrogen) atoms. The van der Waals surface area contributed by atoms with Crippen molar-refractivity contribution in [2.45, 2.75) is 12.0 Å². The number of likely N-dealkylation sites (tertiary alicyclic amines) is 1. The SMILES string of the molecule is C=CCN1C(=O)C2(/C(=C(\O)c3ccc(F)cc3)C(=O)C(=O)N2CCCN2CCOCC2)c2ccccc21. The Kier molecular flexibility index (Phi) is 6.66. The number of carbonyl (C=O) groups excluding carboxylic acids is 3. The Morgan fingerprint density at radius 3 is 2.46 bits per heavy atom. The molecule has 0 saturated carbocycles. The smallest absolute Gasteiger partial charge is 0.296 e. The maximum absolute atomic E-state index is 14.2. The van der Waals surface area contributed by atoms with Crippen molar-refractivity contribution in [1.82, 2.24) is 9.80 Å². The predicted molar refractivity (Wildman–Crippen MR) is 135 cm³/mol. The number of amides is 2. The minimum atomic E-state index is -1.84. The standard InChI is InChI=1S/C28H28FN3O5/c1-2-12-31-22-7-4-3-6-21(22)28(27(31)36)23(24(33)19-8-10-20(29)11-9-19)25(34)26(35)32(28)14-5-13-30-15-17-37-18-16-30/h2-4,6-11,33H,1,5,12-18H2/b24-23-. The fourth-order valence-electron chi connectivity index (χ4n) is 5.51. The first-order chi connectivity index (χ1) is 17.9. The van der Waals surface area contributed by atoms with Crippen molar-refractivity contribution in [2.24, 2.45) is 0 Å². The number of para-hydroxylation sites is 1. The molecule has 1 spiro atoms. The second-order valence-corrected chi connectivity index (χ2v) is 9.26. The molecule has 2 aromatic rings. The first-order valence-electron chi connectivity index (χ1n) is 12.3. The van der Waals surface area contributed by atoms with Crippen LogP contribution in [-0.4, -0.2) is 78.4 Å². The molecule has 0 bridgehead atoms. The van der Waals surface area contributed by atoms with Crippen LogP contribution < -0.4 is 4.90 Å². The number of aliphatic hydroxyl groups excluding tert-OH is 1. The number of carbonyl (C=O) groups is 3. The van der Waals surface area contributed by atoms with Crippen molar-refractivity contribution in [1.29, 1.82) is 0 Å². The van der Waals surface area contributed by atoms with Crippen molar-refractivity contribution in [3.8, 4) is 0 Å². The lowest BCUT2D eigenvalue weighted by molar-refractivity contribution is -0.143. The number of halogens is 1. The summed E-state index contributed by atoms with van der Waals surface area (Å²) in [6.07, 6.45) is 2.08. The summed E-state index contributed by atoms with van der Waals surface area (Å²) in [5, 5.41) is 11.4. The quantitative estimate of drug-likeness (QED) is 0.269. The Morgan fingerprint density at radius 2 is 1.76 bits per heavy atom. The second-order valence-electron chi connectivity index (χ2n) is 9.26. The van der Waals surface area contributed by atoms with Crippen molar-refractivity contribution in [3.05, 3.63) is 83.7 Å². The van der Waals surface area contributed by atoms with E-state index in [2.05, 4.69) is 11.5 Å². The van der Waals surface area contributed by atoms with Crippen molar-refractivity contribution in [3.63, 3.8) is 0 Å². The Morgan fingerprint density at radius 1 is 1.05 bits per heavy atom. The number of hydrogen-bond donors (Lipinski definition) is 1. The van der Waals surface area contributed by atoms with Gasteiger partial charge in [-0.15, -0.1) is 6.58 Å². The van der Waals surface area contributed by atoms with Crippen LogP contribution >= 0.6 is 0 Å². The van der Waals surface area contributed by atoms with Crippen molar-refractivity contribution < 1.29 is 28.6 Å². The van der Waals surface area contributed by atoms with Crippen LogP contribution in [0.15, 0.2) is 66.8 Å². The van der Waals surface area contributed by atoms with Gasteiger partial charge in [-0.1, -0.05) is 24.3 Å². The third kappa shape index (κ3) is 3.95. The monoisotopic (exact) mass is 505 g/mol. The minimum Gasteiger partial charge on any atom is -0.507 e. The molecule has 3 heterocycles. The van der Waals surface area contributed by atoms with Gasteiger partial charge in [0, 0.05) is 43.9 Å². The van der Waals surface area contributed by atoms with Crippen molar-refractivity contribution >= 4 is 29.0 Å². The van der Waals surface area contributed by atoms with Gasteiger partial charge in [-0.3, -0.25) is 19.3 Å². The van der Waals surface area contributed by atoms with E-state index in [0.717, 1.165) is 25.2 Å². The predicted octanol–water partition coefficient (Wildman–Crippen LogP) is 2.66. The molecule has 0 radical (unpaired) electrons. The fourth-order valence-corrected chi connectivity index (χ4v) is 5.51. The topological polar surface area (TPSA) is 90.4 Å². The molecule has 2 amide bonds. The third-order valence-electron chi connectivity index (χ3n) is 7.20. The van der Waals surface area contributed by atoms with Gasteiger partial charge in [0.05, 0.1) is 24.5 Å². The number of nitrogens with zero attached hydrogens (tertiary/aromatic N) is 3. The maximum atomic E-state index is 14.2. The Hall–Kier alpha value is -3.82. The minimum absolute atomic E-state index is 0.129. The highest BCUT2D eigenvalue weighted by Crippen LogP contribution is 2.53. The van der Waals surface area contributed by atoms with Crippen LogP contribution in [0.1, 0.15) is 17.5 Å². The van der Waals surface area contributed by atoms with Gasteiger partial charge >= 0.3 is 0 Å². The molecule has 0 aromatic heterocycles. The van der Waals surface area contributed by atoms with Crippen LogP contribution in [0, 0.1) is 5.82 Å². The number of aliphatic hydroxyl groups is 1. The largest absolute Gasteiger partial charge is 0.507 e. The van der Waals surface area contributed by atoms with Crippen LogP contribution in [0.5, 0.6) is 0 Å². The van der Waals surface area contributed by atoms with E-state index in [9.17, 15) is 23.9 Å². The Labute approximate surface area is 214 Å². The highest BCUT2D eigenvalue weighted by atomic mass is 19.1. The summed E-state index contributed by atoms with van der Waals surface area (Å²) < 4.78 is 19.0. The van der Waals surface area contributed by atoms with E-state index in [-0.39, 0.29) is 24.2 Å². The van der Waals surface area contributed by atoms with Gasteiger partial charge in [0.2, 0.25) is 0 Å². The molecule has 0 aliphatic carbocycles. The zero-order chi connectivity index (χ0) is 26.2. The van der Waals surface area contributed by atoms with E-state index < -0.39 is 34.7 Å². The van der Waals surface area contributed by atoms with Crippen LogP contribution in [0.2, 0.25) is 0 Å².